The van der Waals surface area contributed by atoms with Crippen LogP contribution in [0.5, 0.6) is 0 Å². The Balaban J connectivity index is 6.03. The van der Waals surface area contributed by atoms with Gasteiger partial charge in [0.2, 0.25) is 0 Å². The van der Waals surface area contributed by atoms with Crippen molar-refractivity contribution < 1.29 is 71.7 Å². The van der Waals surface area contributed by atoms with Crippen LogP contribution in [0.4, 0.5) is 57.1 Å². The van der Waals surface area contributed by atoms with E-state index in [2.05, 4.69) is 9.37 Å². The first-order valence-corrected chi connectivity index (χ1v) is 5.17. The van der Waals surface area contributed by atoms with E-state index in [0.29, 0.717) is 0 Å². The van der Waals surface area contributed by atoms with Crippen LogP contribution < -0.4 is 0 Å². The molecule has 1 N–H and O–H groups in total. The Hall–Kier alpha value is -0.680. The SMILES string of the molecule is OOOSC(F)(F)C(F)(F)C(F)(F)C(F)(F)C(F)(F)C(F)(F)F. The number of alkyl halides is 13. The molecule has 0 rings (SSSR count). The molecule has 0 saturated heterocycles. The molecule has 140 valence electrons. The van der Waals surface area contributed by atoms with Crippen LogP contribution in [-0.4, -0.2) is 40.4 Å². The first kappa shape index (κ1) is 22.3. The van der Waals surface area contributed by atoms with Gasteiger partial charge in [0.1, 0.15) is 12.0 Å². The lowest BCUT2D eigenvalue weighted by Gasteiger charge is -2.38. The fraction of sp³-hybridized carbons (Fsp3) is 1.00. The first-order chi connectivity index (χ1) is 9.81. The Morgan fingerprint density at radius 3 is 1.22 bits per heavy atom. The minimum Gasteiger partial charge on any atom is -0.220 e. The molecule has 0 aromatic rings. The molecule has 0 spiro atoms. The third kappa shape index (κ3) is 3.27. The summed E-state index contributed by atoms with van der Waals surface area (Å²) in [6.07, 6.45) is -7.47. The maximum Gasteiger partial charge on any atom is 0.460 e. The van der Waals surface area contributed by atoms with Crippen molar-refractivity contribution in [1.82, 2.24) is 0 Å². The fourth-order valence-corrected chi connectivity index (χ4v) is 1.21. The minimum absolute atomic E-state index is 2.25. The van der Waals surface area contributed by atoms with Gasteiger partial charge in [0.15, 0.2) is 0 Å². The summed E-state index contributed by atoms with van der Waals surface area (Å²) in [5.41, 5.74) is 0. The van der Waals surface area contributed by atoms with Crippen LogP contribution in [0.15, 0.2) is 0 Å². The van der Waals surface area contributed by atoms with Crippen molar-refractivity contribution in [3.63, 3.8) is 0 Å². The third-order valence-electron chi connectivity index (χ3n) is 2.07. The lowest BCUT2D eigenvalue weighted by atomic mass is 9.98. The molecule has 0 atom stereocenters. The Morgan fingerprint density at radius 1 is 0.565 bits per heavy atom. The molecule has 0 heterocycles. The molecule has 23 heavy (non-hydrogen) atoms. The average Bonchev–Trinajstić information content (AvgIpc) is 2.34. The molecule has 0 aliphatic rings. The highest BCUT2D eigenvalue weighted by molar-refractivity contribution is 7.95. The van der Waals surface area contributed by atoms with Crippen molar-refractivity contribution in [2.75, 3.05) is 0 Å². The van der Waals surface area contributed by atoms with E-state index in [9.17, 15) is 57.1 Å². The van der Waals surface area contributed by atoms with E-state index in [1.54, 1.807) is 0 Å². The Labute approximate surface area is 120 Å². The van der Waals surface area contributed by atoms with Crippen LogP contribution in [0.1, 0.15) is 0 Å². The molecule has 0 aliphatic carbocycles. The van der Waals surface area contributed by atoms with Crippen molar-refractivity contribution >= 4 is 12.0 Å². The van der Waals surface area contributed by atoms with Crippen molar-refractivity contribution in [3.05, 3.63) is 0 Å². The van der Waals surface area contributed by atoms with Crippen molar-refractivity contribution in [2.24, 2.45) is 0 Å². The highest BCUT2D eigenvalue weighted by Gasteiger charge is 2.91. The van der Waals surface area contributed by atoms with Gasteiger partial charge in [0.25, 0.3) is 0 Å². The molecule has 0 saturated carbocycles. The molecule has 0 bridgehead atoms. The summed E-state index contributed by atoms with van der Waals surface area (Å²) < 4.78 is 164. The van der Waals surface area contributed by atoms with Crippen molar-refractivity contribution in [2.45, 2.75) is 35.1 Å². The molecule has 3 nitrogen and oxygen atoms in total. The zero-order chi connectivity index (χ0) is 19.1. The molecule has 0 aromatic heterocycles. The van der Waals surface area contributed by atoms with Crippen LogP contribution in [0, 0.1) is 0 Å². The second-order valence-corrected chi connectivity index (χ2v) is 4.35. The van der Waals surface area contributed by atoms with E-state index < -0.39 is 47.2 Å². The number of hydrogen-bond acceptors (Lipinski definition) is 4. The molecule has 0 aliphatic heterocycles. The van der Waals surface area contributed by atoms with Gasteiger partial charge in [-0.15, -0.1) is 4.33 Å². The summed E-state index contributed by atoms with van der Waals surface area (Å²) in [6.45, 7) is 0. The third-order valence-corrected chi connectivity index (χ3v) is 2.67. The summed E-state index contributed by atoms with van der Waals surface area (Å²) >= 11 is -2.25. The van der Waals surface area contributed by atoms with Crippen LogP contribution >= 0.6 is 12.0 Å². The van der Waals surface area contributed by atoms with E-state index in [1.807, 2.05) is 0 Å². The summed E-state index contributed by atoms with van der Waals surface area (Å²) in [5, 5.41) is 3.13. The van der Waals surface area contributed by atoms with Gasteiger partial charge in [0, 0.05) is 0 Å². The van der Waals surface area contributed by atoms with E-state index in [4.69, 9.17) is 5.26 Å². The van der Waals surface area contributed by atoms with Gasteiger partial charge in [-0.2, -0.15) is 57.1 Å². The highest BCUT2D eigenvalue weighted by atomic mass is 32.2. The maximum atomic E-state index is 12.8. The fourth-order valence-electron chi connectivity index (χ4n) is 0.865. The molecule has 0 fully saturated rings. The van der Waals surface area contributed by atoms with Crippen LogP contribution in [0.3, 0.4) is 0 Å². The van der Waals surface area contributed by atoms with E-state index in [1.165, 1.54) is 0 Å². The van der Waals surface area contributed by atoms with Gasteiger partial charge in [-0.1, -0.05) is 5.04 Å². The summed E-state index contributed by atoms with van der Waals surface area (Å²) in [7, 11) is 0. The second-order valence-electron chi connectivity index (χ2n) is 3.54. The summed E-state index contributed by atoms with van der Waals surface area (Å²) in [4.78, 5) is 0. The Bertz CT molecular complexity index is 418. The van der Waals surface area contributed by atoms with Gasteiger partial charge in [-0.05, 0) is 0 Å². The quantitative estimate of drug-likeness (QED) is 0.290. The van der Waals surface area contributed by atoms with Gasteiger partial charge in [-0.25, -0.2) is 5.26 Å². The minimum atomic E-state index is -7.98. The van der Waals surface area contributed by atoms with Crippen LogP contribution in [-0.2, 0) is 9.37 Å². The van der Waals surface area contributed by atoms with Gasteiger partial charge < -0.3 is 0 Å². The largest absolute Gasteiger partial charge is 0.460 e. The van der Waals surface area contributed by atoms with E-state index in [0.717, 1.165) is 0 Å². The zero-order valence-electron chi connectivity index (χ0n) is 9.59. The molecular weight excluding hydrogens is 399 g/mol. The van der Waals surface area contributed by atoms with Gasteiger partial charge in [-0.3, -0.25) is 0 Å². The highest BCUT2D eigenvalue weighted by Crippen LogP contribution is 2.61. The zero-order valence-corrected chi connectivity index (χ0v) is 10.4. The number of halogens is 13. The molecule has 0 amide bonds. The lowest BCUT2D eigenvalue weighted by molar-refractivity contribution is -0.442. The van der Waals surface area contributed by atoms with Crippen LogP contribution in [0.2, 0.25) is 0 Å². The number of rotatable bonds is 7. The second kappa shape index (κ2) is 5.99. The van der Waals surface area contributed by atoms with Gasteiger partial charge >= 0.3 is 35.1 Å². The standard InChI is InChI=1S/C6HF13O3S/c7-1(8,3(11,12)5(15,16)17)2(9,10)4(13,14)6(18,19)23-22-21-20/h20H. The maximum absolute atomic E-state index is 12.8. The Kier molecular flexibility index (Phi) is 5.82. The van der Waals surface area contributed by atoms with E-state index in [-0.39, 0.29) is 0 Å². The monoisotopic (exact) mass is 400 g/mol. The van der Waals surface area contributed by atoms with Gasteiger partial charge in [0.05, 0.1) is 0 Å². The van der Waals surface area contributed by atoms with E-state index >= 15 is 0 Å². The molecule has 0 radical (unpaired) electrons. The first-order valence-electron chi connectivity index (χ1n) is 4.43. The normalized spacial score (nSPS) is 15.9. The summed E-state index contributed by atoms with van der Waals surface area (Å²) in [6, 6.07) is 0. The summed E-state index contributed by atoms with van der Waals surface area (Å²) in [5.74, 6) is -31.2. The van der Waals surface area contributed by atoms with Crippen molar-refractivity contribution in [3.8, 4) is 0 Å². The smallest absolute Gasteiger partial charge is 0.220 e. The molecular formula is C6HF13O3S. The molecule has 0 unspecified atom stereocenters. The average molecular weight is 400 g/mol. The Morgan fingerprint density at radius 2 is 0.913 bits per heavy atom. The predicted octanol–water partition coefficient (Wildman–Crippen LogP) is 4.75. The van der Waals surface area contributed by atoms with Crippen molar-refractivity contribution in [1.29, 1.82) is 0 Å². The number of hydrogen-bond donors (Lipinski definition) is 1. The molecule has 17 heteroatoms. The lowest BCUT2D eigenvalue weighted by Crippen LogP contribution is -2.69. The predicted molar refractivity (Wildman–Crippen MR) is 43.2 cm³/mol. The van der Waals surface area contributed by atoms with Crippen LogP contribution in [0.25, 0.3) is 0 Å². The topological polar surface area (TPSA) is 38.7 Å². The molecule has 0 aromatic carbocycles.